The molecule has 0 fully saturated rings. The van der Waals surface area contributed by atoms with Crippen LogP contribution in [0, 0.1) is 0 Å². The third-order valence-electron chi connectivity index (χ3n) is 4.09. The Morgan fingerprint density at radius 1 is 0.516 bits per heavy atom. The predicted octanol–water partition coefficient (Wildman–Crippen LogP) is -0.0535. The first-order valence-corrected chi connectivity index (χ1v) is 11.2. The Morgan fingerprint density at radius 3 is 1.29 bits per heavy atom. The zero-order valence-corrected chi connectivity index (χ0v) is 19.9. The molecule has 1 atom stereocenters. The second-order valence-corrected chi connectivity index (χ2v) is 6.66. The monoisotopic (exact) mass is 454 g/mol. The number of rotatable bonds is 27. The first kappa shape index (κ1) is 30.6. The molecule has 0 spiro atoms. The number of likely N-dealkylation sites (N-methyl/N-ethyl adjacent to an activating group) is 1. The van der Waals surface area contributed by atoms with Crippen LogP contribution in [0.25, 0.3) is 0 Å². The highest BCUT2D eigenvalue weighted by Gasteiger charge is 2.06. The van der Waals surface area contributed by atoms with Gasteiger partial charge in [-0.1, -0.05) is 0 Å². The standard InChI is InChI=1S/C21H46N2O8/c1-22-20-21(23-5-7-24-2)4-6-26-10-11-28-14-15-30-18-19-31-17-16-29-13-12-27-9-8-25-3/h21-23H,4-20H2,1-3H3. The third kappa shape index (κ3) is 25.7. The van der Waals surface area contributed by atoms with Gasteiger partial charge in [0.2, 0.25) is 0 Å². The van der Waals surface area contributed by atoms with Crippen LogP contribution in [0.3, 0.4) is 0 Å². The first-order chi connectivity index (χ1) is 15.3. The lowest BCUT2D eigenvalue weighted by Crippen LogP contribution is -2.40. The smallest absolute Gasteiger partial charge is 0.0701 e. The number of ether oxygens (including phenoxy) is 8. The molecule has 0 aliphatic rings. The van der Waals surface area contributed by atoms with E-state index in [4.69, 9.17) is 37.9 Å². The van der Waals surface area contributed by atoms with E-state index in [0.717, 1.165) is 19.5 Å². The Morgan fingerprint density at radius 2 is 0.903 bits per heavy atom. The fraction of sp³-hybridized carbons (Fsp3) is 1.00. The zero-order chi connectivity index (χ0) is 22.7. The van der Waals surface area contributed by atoms with Crippen molar-refractivity contribution < 1.29 is 37.9 Å². The average Bonchev–Trinajstić information content (AvgIpc) is 2.78. The summed E-state index contributed by atoms with van der Waals surface area (Å²) in [6.45, 7) is 9.94. The van der Waals surface area contributed by atoms with Crippen LogP contribution in [-0.2, 0) is 37.9 Å². The second-order valence-electron chi connectivity index (χ2n) is 6.66. The van der Waals surface area contributed by atoms with E-state index in [0.29, 0.717) is 98.5 Å². The highest BCUT2D eigenvalue weighted by atomic mass is 16.6. The van der Waals surface area contributed by atoms with Crippen molar-refractivity contribution >= 4 is 0 Å². The lowest BCUT2D eigenvalue weighted by Gasteiger charge is -2.18. The summed E-state index contributed by atoms with van der Waals surface area (Å²) in [4.78, 5) is 0. The van der Waals surface area contributed by atoms with Crippen LogP contribution in [0.4, 0.5) is 0 Å². The Bertz CT molecular complexity index is 330. The van der Waals surface area contributed by atoms with E-state index in [2.05, 4.69) is 10.6 Å². The van der Waals surface area contributed by atoms with Gasteiger partial charge in [-0.3, -0.25) is 0 Å². The van der Waals surface area contributed by atoms with Crippen LogP contribution in [-0.4, -0.2) is 133 Å². The van der Waals surface area contributed by atoms with Crippen molar-refractivity contribution in [3.8, 4) is 0 Å². The van der Waals surface area contributed by atoms with E-state index in [9.17, 15) is 0 Å². The van der Waals surface area contributed by atoms with Gasteiger partial charge in [0.1, 0.15) is 0 Å². The molecule has 10 nitrogen and oxygen atoms in total. The average molecular weight is 455 g/mol. The van der Waals surface area contributed by atoms with Crippen molar-refractivity contribution in [2.75, 3.05) is 127 Å². The molecule has 0 aromatic heterocycles. The molecule has 0 amide bonds. The van der Waals surface area contributed by atoms with Crippen LogP contribution < -0.4 is 10.6 Å². The molecular formula is C21H46N2O8. The maximum Gasteiger partial charge on any atom is 0.0701 e. The molecule has 1 unspecified atom stereocenters. The molecule has 0 rings (SSSR count). The summed E-state index contributed by atoms with van der Waals surface area (Å²) in [5.41, 5.74) is 0. The van der Waals surface area contributed by atoms with Crippen LogP contribution in [0.5, 0.6) is 0 Å². The van der Waals surface area contributed by atoms with Gasteiger partial charge < -0.3 is 48.5 Å². The molecule has 0 bridgehead atoms. The van der Waals surface area contributed by atoms with E-state index in [-0.39, 0.29) is 0 Å². The van der Waals surface area contributed by atoms with Crippen molar-refractivity contribution in [3.63, 3.8) is 0 Å². The maximum atomic E-state index is 5.63. The number of hydrogen-bond acceptors (Lipinski definition) is 10. The van der Waals surface area contributed by atoms with Gasteiger partial charge in [-0.25, -0.2) is 0 Å². The number of methoxy groups -OCH3 is 2. The van der Waals surface area contributed by atoms with E-state index >= 15 is 0 Å². The molecule has 188 valence electrons. The molecule has 0 radical (unpaired) electrons. The highest BCUT2D eigenvalue weighted by Crippen LogP contribution is 1.93. The van der Waals surface area contributed by atoms with Crippen LogP contribution in [0.2, 0.25) is 0 Å². The van der Waals surface area contributed by atoms with Gasteiger partial charge in [0, 0.05) is 40.0 Å². The lowest BCUT2D eigenvalue weighted by atomic mass is 10.2. The molecular weight excluding hydrogens is 408 g/mol. The minimum Gasteiger partial charge on any atom is -0.383 e. The summed E-state index contributed by atoms with van der Waals surface area (Å²) < 4.78 is 42.6. The van der Waals surface area contributed by atoms with Crippen molar-refractivity contribution in [1.29, 1.82) is 0 Å². The second kappa shape index (κ2) is 27.6. The molecule has 0 aliphatic carbocycles. The normalized spacial score (nSPS) is 12.5. The SMILES string of the molecule is CNCC(CCOCCOCCOCCOCCOCCOCCOC)NCCOC. The lowest BCUT2D eigenvalue weighted by molar-refractivity contribution is -0.0193. The number of hydrogen-bond donors (Lipinski definition) is 2. The Labute approximate surface area is 188 Å². The van der Waals surface area contributed by atoms with Gasteiger partial charge in [0.05, 0.1) is 85.9 Å². The highest BCUT2D eigenvalue weighted by molar-refractivity contribution is 4.68. The Balaban J connectivity index is 3.19. The molecule has 2 N–H and O–H groups in total. The van der Waals surface area contributed by atoms with Crippen LogP contribution in [0.15, 0.2) is 0 Å². The third-order valence-corrected chi connectivity index (χ3v) is 4.09. The summed E-state index contributed by atoms with van der Waals surface area (Å²) in [6.07, 6.45) is 0.945. The van der Waals surface area contributed by atoms with Gasteiger partial charge in [-0.15, -0.1) is 0 Å². The molecule has 0 saturated carbocycles. The minimum absolute atomic E-state index is 0.378. The zero-order valence-electron chi connectivity index (χ0n) is 19.9. The fourth-order valence-electron chi connectivity index (χ4n) is 2.46. The van der Waals surface area contributed by atoms with Gasteiger partial charge in [-0.2, -0.15) is 0 Å². The summed E-state index contributed by atoms with van der Waals surface area (Å²) in [7, 11) is 5.31. The summed E-state index contributed by atoms with van der Waals surface area (Å²) in [6, 6.07) is 0.378. The molecule has 0 aromatic rings. The van der Waals surface area contributed by atoms with E-state index in [1.54, 1.807) is 14.2 Å². The minimum atomic E-state index is 0.378. The molecule has 0 saturated heterocycles. The topological polar surface area (TPSA) is 97.9 Å². The van der Waals surface area contributed by atoms with E-state index in [1.807, 2.05) is 7.05 Å². The van der Waals surface area contributed by atoms with Gasteiger partial charge >= 0.3 is 0 Å². The van der Waals surface area contributed by atoms with Crippen molar-refractivity contribution in [2.24, 2.45) is 0 Å². The van der Waals surface area contributed by atoms with Gasteiger partial charge in [0.25, 0.3) is 0 Å². The largest absolute Gasteiger partial charge is 0.383 e. The number of nitrogens with one attached hydrogen (secondary N) is 2. The fourth-order valence-corrected chi connectivity index (χ4v) is 2.46. The molecule has 0 aromatic carbocycles. The molecule has 0 heterocycles. The van der Waals surface area contributed by atoms with Crippen LogP contribution in [0.1, 0.15) is 6.42 Å². The molecule has 0 aliphatic heterocycles. The molecule has 31 heavy (non-hydrogen) atoms. The van der Waals surface area contributed by atoms with Crippen LogP contribution >= 0.6 is 0 Å². The van der Waals surface area contributed by atoms with Crippen molar-refractivity contribution in [2.45, 2.75) is 12.5 Å². The summed E-state index contributed by atoms with van der Waals surface area (Å²) in [5, 5.41) is 6.63. The van der Waals surface area contributed by atoms with Crippen molar-refractivity contribution in [3.05, 3.63) is 0 Å². The molecule has 10 heteroatoms. The maximum absolute atomic E-state index is 5.63. The Hall–Kier alpha value is -0.400. The summed E-state index contributed by atoms with van der Waals surface area (Å²) >= 11 is 0. The summed E-state index contributed by atoms with van der Waals surface area (Å²) in [5.74, 6) is 0. The quantitative estimate of drug-likeness (QED) is 0.164. The Kier molecular flexibility index (Phi) is 27.3. The van der Waals surface area contributed by atoms with Crippen molar-refractivity contribution in [1.82, 2.24) is 10.6 Å². The van der Waals surface area contributed by atoms with Gasteiger partial charge in [-0.05, 0) is 13.5 Å². The van der Waals surface area contributed by atoms with E-state index in [1.165, 1.54) is 0 Å². The first-order valence-electron chi connectivity index (χ1n) is 11.2. The predicted molar refractivity (Wildman–Crippen MR) is 119 cm³/mol. The van der Waals surface area contributed by atoms with E-state index < -0.39 is 0 Å². The van der Waals surface area contributed by atoms with Gasteiger partial charge in [0.15, 0.2) is 0 Å².